The van der Waals surface area contributed by atoms with Crippen LogP contribution in [0.4, 0.5) is 5.69 Å². The van der Waals surface area contributed by atoms with Gasteiger partial charge < -0.3 is 9.88 Å². The number of fused-ring (bicyclic) bond motifs is 1. The number of carbonyl (C=O) groups is 1. The van der Waals surface area contributed by atoms with Crippen LogP contribution in [0.3, 0.4) is 0 Å². The van der Waals surface area contributed by atoms with Crippen LogP contribution in [0.2, 0.25) is 0 Å². The SMILES string of the molecule is Cc1cc(C)n(CCCC(=O)Nc2cccc3c2ccn3CCC(C)C)c(=O)n1. The molecule has 0 aliphatic carbocycles. The molecule has 1 amide bonds. The van der Waals surface area contributed by atoms with Gasteiger partial charge in [-0.25, -0.2) is 4.79 Å². The third-order valence-electron chi connectivity index (χ3n) is 5.17. The van der Waals surface area contributed by atoms with Crippen molar-refractivity contribution in [3.8, 4) is 0 Å². The Hall–Kier alpha value is -2.89. The molecule has 0 bridgehead atoms. The summed E-state index contributed by atoms with van der Waals surface area (Å²) < 4.78 is 3.86. The lowest BCUT2D eigenvalue weighted by Gasteiger charge is -2.11. The molecule has 6 nitrogen and oxygen atoms in total. The van der Waals surface area contributed by atoms with Gasteiger partial charge >= 0.3 is 5.69 Å². The zero-order chi connectivity index (χ0) is 21.0. The number of amides is 1. The monoisotopic (exact) mass is 394 g/mol. The molecular weight excluding hydrogens is 364 g/mol. The van der Waals surface area contributed by atoms with Gasteiger partial charge in [-0.2, -0.15) is 4.98 Å². The Kier molecular flexibility index (Phi) is 6.52. The van der Waals surface area contributed by atoms with E-state index in [4.69, 9.17) is 0 Å². The molecule has 0 saturated carbocycles. The molecule has 154 valence electrons. The van der Waals surface area contributed by atoms with Gasteiger partial charge in [-0.3, -0.25) is 9.36 Å². The minimum Gasteiger partial charge on any atom is -0.347 e. The highest BCUT2D eigenvalue weighted by molar-refractivity contribution is 6.01. The quantitative estimate of drug-likeness (QED) is 0.620. The smallest absolute Gasteiger partial charge is 0.347 e. The van der Waals surface area contributed by atoms with Gasteiger partial charge in [-0.15, -0.1) is 0 Å². The summed E-state index contributed by atoms with van der Waals surface area (Å²) in [6.45, 7) is 9.60. The maximum atomic E-state index is 12.5. The summed E-state index contributed by atoms with van der Waals surface area (Å²) in [5, 5.41) is 4.09. The van der Waals surface area contributed by atoms with Crippen LogP contribution in [0.5, 0.6) is 0 Å². The van der Waals surface area contributed by atoms with Gasteiger partial charge in [-0.05, 0) is 56.9 Å². The van der Waals surface area contributed by atoms with Crippen molar-refractivity contribution in [3.05, 3.63) is 58.4 Å². The average Bonchev–Trinajstić information content (AvgIpc) is 3.06. The molecule has 2 aromatic heterocycles. The summed E-state index contributed by atoms with van der Waals surface area (Å²) >= 11 is 0. The molecule has 2 heterocycles. The highest BCUT2D eigenvalue weighted by atomic mass is 16.2. The predicted octanol–water partition coefficient (Wildman–Crippen LogP) is 4.28. The third kappa shape index (κ3) is 5.13. The normalized spacial score (nSPS) is 11.3. The summed E-state index contributed by atoms with van der Waals surface area (Å²) in [6, 6.07) is 9.94. The predicted molar refractivity (Wildman–Crippen MR) is 117 cm³/mol. The standard InChI is InChI=1S/C23H30N4O2/c1-16(2)10-13-26-14-11-19-20(7-5-8-21(19)26)25-22(28)9-6-12-27-18(4)15-17(3)24-23(27)29/h5,7-8,11,14-16H,6,9-10,12-13H2,1-4H3,(H,25,28). The van der Waals surface area contributed by atoms with Crippen molar-refractivity contribution >= 4 is 22.5 Å². The van der Waals surface area contributed by atoms with Crippen LogP contribution in [-0.2, 0) is 17.9 Å². The first-order valence-corrected chi connectivity index (χ1v) is 10.3. The van der Waals surface area contributed by atoms with Gasteiger partial charge in [0, 0.05) is 42.5 Å². The van der Waals surface area contributed by atoms with E-state index in [1.165, 1.54) is 0 Å². The van der Waals surface area contributed by atoms with Crippen LogP contribution in [0.15, 0.2) is 41.3 Å². The first kappa shape index (κ1) is 20.8. The van der Waals surface area contributed by atoms with E-state index in [0.29, 0.717) is 25.3 Å². The molecule has 1 aromatic carbocycles. The first-order valence-electron chi connectivity index (χ1n) is 10.3. The first-order chi connectivity index (χ1) is 13.8. The van der Waals surface area contributed by atoms with E-state index in [1.807, 2.05) is 32.0 Å². The molecule has 0 spiro atoms. The van der Waals surface area contributed by atoms with Gasteiger partial charge in [0.2, 0.25) is 5.91 Å². The maximum Gasteiger partial charge on any atom is 0.347 e. The number of hydrogen-bond acceptors (Lipinski definition) is 3. The molecule has 0 saturated heterocycles. The van der Waals surface area contributed by atoms with E-state index in [2.05, 4.69) is 47.0 Å². The number of nitrogens with one attached hydrogen (secondary N) is 1. The number of nitrogens with zero attached hydrogens (tertiary/aromatic N) is 3. The molecule has 0 unspecified atom stereocenters. The minimum absolute atomic E-state index is 0.0433. The molecule has 0 fully saturated rings. The summed E-state index contributed by atoms with van der Waals surface area (Å²) in [6.07, 6.45) is 4.14. The Bertz CT molecular complexity index is 1060. The Morgan fingerprint density at radius 1 is 1.17 bits per heavy atom. The lowest BCUT2D eigenvalue weighted by atomic mass is 10.1. The largest absolute Gasteiger partial charge is 0.347 e. The number of benzene rings is 1. The third-order valence-corrected chi connectivity index (χ3v) is 5.17. The van der Waals surface area contributed by atoms with Crippen molar-refractivity contribution in [2.24, 2.45) is 5.92 Å². The van der Waals surface area contributed by atoms with Crippen molar-refractivity contribution in [2.75, 3.05) is 5.32 Å². The number of rotatable bonds is 8. The van der Waals surface area contributed by atoms with Crippen molar-refractivity contribution in [3.63, 3.8) is 0 Å². The van der Waals surface area contributed by atoms with Gasteiger partial charge in [0.1, 0.15) is 0 Å². The summed E-state index contributed by atoms with van der Waals surface area (Å²) in [4.78, 5) is 28.5. The molecule has 1 N–H and O–H groups in total. The lowest BCUT2D eigenvalue weighted by molar-refractivity contribution is -0.116. The van der Waals surface area contributed by atoms with Crippen molar-refractivity contribution in [2.45, 2.75) is 60.0 Å². The van der Waals surface area contributed by atoms with Crippen molar-refractivity contribution < 1.29 is 4.79 Å². The van der Waals surface area contributed by atoms with E-state index in [1.54, 1.807) is 4.57 Å². The number of carbonyl (C=O) groups excluding carboxylic acids is 1. The zero-order valence-corrected chi connectivity index (χ0v) is 17.7. The van der Waals surface area contributed by atoms with E-state index in [0.717, 1.165) is 40.9 Å². The summed E-state index contributed by atoms with van der Waals surface area (Å²) in [7, 11) is 0. The fraction of sp³-hybridized carbons (Fsp3) is 0.435. The number of aromatic nitrogens is 3. The molecule has 0 aliphatic heterocycles. The summed E-state index contributed by atoms with van der Waals surface area (Å²) in [5.41, 5.74) is 3.30. The second-order valence-electron chi connectivity index (χ2n) is 8.05. The van der Waals surface area contributed by atoms with Gasteiger partial charge in [-0.1, -0.05) is 19.9 Å². The van der Waals surface area contributed by atoms with E-state index in [9.17, 15) is 9.59 Å². The highest BCUT2D eigenvalue weighted by Gasteiger charge is 2.10. The van der Waals surface area contributed by atoms with Crippen molar-refractivity contribution in [1.29, 1.82) is 0 Å². The maximum absolute atomic E-state index is 12.5. The number of aryl methyl sites for hydroxylation is 3. The fourth-order valence-corrected chi connectivity index (χ4v) is 3.58. The molecule has 0 atom stereocenters. The number of hydrogen-bond donors (Lipinski definition) is 1. The van der Waals surface area contributed by atoms with Crippen molar-refractivity contribution in [1.82, 2.24) is 14.1 Å². The lowest BCUT2D eigenvalue weighted by Crippen LogP contribution is -2.26. The molecule has 3 rings (SSSR count). The van der Waals surface area contributed by atoms with Gasteiger partial charge in [0.05, 0.1) is 11.2 Å². The molecule has 3 aromatic rings. The molecule has 6 heteroatoms. The second kappa shape index (κ2) is 9.07. The van der Waals surface area contributed by atoms with E-state index < -0.39 is 0 Å². The van der Waals surface area contributed by atoms with Crippen LogP contribution in [0, 0.1) is 19.8 Å². The minimum atomic E-state index is -0.254. The Balaban J connectivity index is 1.62. The van der Waals surface area contributed by atoms with Crippen LogP contribution in [-0.4, -0.2) is 20.0 Å². The molecule has 29 heavy (non-hydrogen) atoms. The van der Waals surface area contributed by atoms with E-state index >= 15 is 0 Å². The van der Waals surface area contributed by atoms with E-state index in [-0.39, 0.29) is 11.6 Å². The van der Waals surface area contributed by atoms with Crippen LogP contribution < -0.4 is 11.0 Å². The molecule has 0 radical (unpaired) electrons. The topological polar surface area (TPSA) is 68.9 Å². The second-order valence-corrected chi connectivity index (χ2v) is 8.05. The Labute approximate surface area is 171 Å². The van der Waals surface area contributed by atoms with Crippen LogP contribution in [0.25, 0.3) is 10.9 Å². The van der Waals surface area contributed by atoms with Crippen LogP contribution in [0.1, 0.15) is 44.5 Å². The Morgan fingerprint density at radius 3 is 2.69 bits per heavy atom. The molecular formula is C23H30N4O2. The molecule has 0 aliphatic rings. The van der Waals surface area contributed by atoms with Gasteiger partial charge in [0.15, 0.2) is 0 Å². The highest BCUT2D eigenvalue weighted by Crippen LogP contribution is 2.25. The van der Waals surface area contributed by atoms with Crippen LogP contribution >= 0.6 is 0 Å². The Morgan fingerprint density at radius 2 is 1.97 bits per heavy atom. The fourth-order valence-electron chi connectivity index (χ4n) is 3.58. The summed E-state index contributed by atoms with van der Waals surface area (Å²) in [5.74, 6) is 0.605. The zero-order valence-electron chi connectivity index (χ0n) is 17.7. The number of anilines is 1. The van der Waals surface area contributed by atoms with Gasteiger partial charge in [0.25, 0.3) is 0 Å². The average molecular weight is 395 g/mol.